The van der Waals surface area contributed by atoms with Gasteiger partial charge in [-0.25, -0.2) is 18.4 Å². The molecule has 1 aromatic rings. The summed E-state index contributed by atoms with van der Waals surface area (Å²) in [5.74, 6) is -0.0758. The average molecular weight is 368 g/mol. The molecule has 9 heteroatoms. The standard InChI is InChI=1S/C16H24N4O4S/c1-3-4-8-14-15(21)19(2)9-10-20(14)16(22)18-12-6-5-7-13(11-12)25(17,23)24/h5-7,11,14H,3-4,8-10H2,1-2H3,(H,18,22)(H2,17,23,24)/t14-/m0/s1. The number of carbonyl (C=O) groups is 2. The van der Waals surface area contributed by atoms with E-state index in [1.807, 2.05) is 6.92 Å². The van der Waals surface area contributed by atoms with Crippen molar-refractivity contribution < 1.29 is 18.0 Å². The number of primary sulfonamides is 1. The van der Waals surface area contributed by atoms with Gasteiger partial charge in [-0.3, -0.25) is 4.79 Å². The third-order valence-electron chi connectivity index (χ3n) is 4.22. The normalized spacial score (nSPS) is 18.4. The van der Waals surface area contributed by atoms with Crippen LogP contribution in [0.4, 0.5) is 10.5 Å². The molecule has 0 spiro atoms. The first-order valence-electron chi connectivity index (χ1n) is 8.19. The van der Waals surface area contributed by atoms with Crippen molar-refractivity contribution in [2.75, 3.05) is 25.5 Å². The number of sulfonamides is 1. The van der Waals surface area contributed by atoms with E-state index in [1.165, 1.54) is 23.1 Å². The smallest absolute Gasteiger partial charge is 0.322 e. The van der Waals surface area contributed by atoms with Gasteiger partial charge in [0.15, 0.2) is 0 Å². The summed E-state index contributed by atoms with van der Waals surface area (Å²) in [6.07, 6.45) is 2.37. The van der Waals surface area contributed by atoms with Gasteiger partial charge in [0.2, 0.25) is 15.9 Å². The van der Waals surface area contributed by atoms with Crippen LogP contribution in [-0.4, -0.2) is 56.3 Å². The molecule has 1 atom stereocenters. The van der Waals surface area contributed by atoms with Crippen molar-refractivity contribution in [3.63, 3.8) is 0 Å². The van der Waals surface area contributed by atoms with E-state index in [9.17, 15) is 18.0 Å². The Morgan fingerprint density at radius 2 is 2.08 bits per heavy atom. The Labute approximate surface area is 148 Å². The van der Waals surface area contributed by atoms with Gasteiger partial charge in [0.05, 0.1) is 4.90 Å². The van der Waals surface area contributed by atoms with Gasteiger partial charge in [0, 0.05) is 25.8 Å². The van der Waals surface area contributed by atoms with Crippen LogP contribution in [-0.2, 0) is 14.8 Å². The van der Waals surface area contributed by atoms with E-state index in [4.69, 9.17) is 5.14 Å². The maximum Gasteiger partial charge on any atom is 0.322 e. The summed E-state index contributed by atoms with van der Waals surface area (Å²) < 4.78 is 22.9. The molecular formula is C16H24N4O4S. The van der Waals surface area contributed by atoms with Gasteiger partial charge in [0.25, 0.3) is 0 Å². The number of carbonyl (C=O) groups excluding carboxylic acids is 2. The van der Waals surface area contributed by atoms with Gasteiger partial charge in [-0.1, -0.05) is 25.8 Å². The van der Waals surface area contributed by atoms with E-state index >= 15 is 0 Å². The summed E-state index contributed by atoms with van der Waals surface area (Å²) >= 11 is 0. The molecule has 1 aliphatic heterocycles. The maximum atomic E-state index is 12.6. The molecule has 2 rings (SSSR count). The number of nitrogens with two attached hydrogens (primary N) is 1. The predicted octanol–water partition coefficient (Wildman–Crippen LogP) is 1.20. The summed E-state index contributed by atoms with van der Waals surface area (Å²) in [5.41, 5.74) is 0.317. The van der Waals surface area contributed by atoms with Crippen LogP contribution in [0.5, 0.6) is 0 Å². The van der Waals surface area contributed by atoms with E-state index in [0.717, 1.165) is 12.8 Å². The first-order valence-corrected chi connectivity index (χ1v) is 9.74. The molecule has 0 saturated carbocycles. The third-order valence-corrected chi connectivity index (χ3v) is 5.13. The Kier molecular flexibility index (Phi) is 6.02. The van der Waals surface area contributed by atoms with Crippen LogP contribution in [0.2, 0.25) is 0 Å². The second-order valence-electron chi connectivity index (χ2n) is 6.11. The highest BCUT2D eigenvalue weighted by Gasteiger charge is 2.35. The summed E-state index contributed by atoms with van der Waals surface area (Å²) in [5, 5.41) is 7.77. The van der Waals surface area contributed by atoms with Gasteiger partial charge in [-0.15, -0.1) is 0 Å². The molecule has 3 N–H and O–H groups in total. The van der Waals surface area contributed by atoms with Crippen molar-refractivity contribution in [3.8, 4) is 0 Å². The molecule has 0 radical (unpaired) electrons. The minimum absolute atomic E-state index is 0.0758. The number of hydrogen-bond donors (Lipinski definition) is 2. The Morgan fingerprint density at radius 1 is 1.36 bits per heavy atom. The van der Waals surface area contributed by atoms with Crippen LogP contribution in [0.3, 0.4) is 0 Å². The second-order valence-corrected chi connectivity index (χ2v) is 7.68. The summed E-state index contributed by atoms with van der Waals surface area (Å²) in [6, 6.07) is 4.81. The molecule has 138 valence electrons. The van der Waals surface area contributed by atoms with Crippen LogP contribution in [0.15, 0.2) is 29.2 Å². The lowest BCUT2D eigenvalue weighted by molar-refractivity contribution is -0.138. The van der Waals surface area contributed by atoms with Gasteiger partial charge >= 0.3 is 6.03 Å². The number of hydrogen-bond acceptors (Lipinski definition) is 4. The predicted molar refractivity (Wildman–Crippen MR) is 94.5 cm³/mol. The number of anilines is 1. The molecule has 8 nitrogen and oxygen atoms in total. The summed E-state index contributed by atoms with van der Waals surface area (Å²) in [4.78, 5) is 28.1. The van der Waals surface area contributed by atoms with Gasteiger partial charge in [0.1, 0.15) is 6.04 Å². The number of benzene rings is 1. The molecule has 0 aromatic heterocycles. The molecule has 0 unspecified atom stereocenters. The average Bonchev–Trinajstić information content (AvgIpc) is 2.55. The Bertz CT molecular complexity index is 750. The van der Waals surface area contributed by atoms with E-state index in [1.54, 1.807) is 18.0 Å². The lowest BCUT2D eigenvalue weighted by Gasteiger charge is -2.39. The van der Waals surface area contributed by atoms with E-state index in [-0.39, 0.29) is 10.8 Å². The first kappa shape index (κ1) is 19.2. The number of nitrogens with one attached hydrogen (secondary N) is 1. The molecule has 3 amide bonds. The minimum Gasteiger partial charge on any atom is -0.342 e. The Morgan fingerprint density at radius 3 is 2.72 bits per heavy atom. The number of piperazine rings is 1. The molecule has 1 aliphatic rings. The fraction of sp³-hybridized carbons (Fsp3) is 0.500. The van der Waals surface area contributed by atoms with Crippen LogP contribution in [0, 0.1) is 0 Å². The Balaban J connectivity index is 2.17. The van der Waals surface area contributed by atoms with Crippen molar-refractivity contribution in [1.82, 2.24) is 9.80 Å². The van der Waals surface area contributed by atoms with Crippen molar-refractivity contribution >= 4 is 27.6 Å². The summed E-state index contributed by atoms with van der Waals surface area (Å²) in [7, 11) is -2.12. The molecule has 1 heterocycles. The third kappa shape index (κ3) is 4.70. The molecule has 0 aliphatic carbocycles. The molecule has 1 saturated heterocycles. The van der Waals surface area contributed by atoms with Crippen molar-refractivity contribution in [2.24, 2.45) is 5.14 Å². The monoisotopic (exact) mass is 368 g/mol. The fourth-order valence-corrected chi connectivity index (χ4v) is 3.34. The number of amides is 3. The second kappa shape index (κ2) is 7.83. The zero-order valence-corrected chi connectivity index (χ0v) is 15.3. The largest absolute Gasteiger partial charge is 0.342 e. The highest BCUT2D eigenvalue weighted by Crippen LogP contribution is 2.19. The fourth-order valence-electron chi connectivity index (χ4n) is 2.78. The zero-order valence-electron chi connectivity index (χ0n) is 14.4. The number of nitrogens with zero attached hydrogens (tertiary/aromatic N) is 2. The van der Waals surface area contributed by atoms with Crippen molar-refractivity contribution in [2.45, 2.75) is 37.1 Å². The number of unbranched alkanes of at least 4 members (excludes halogenated alkanes) is 1. The van der Waals surface area contributed by atoms with E-state index < -0.39 is 22.1 Å². The van der Waals surface area contributed by atoms with Crippen molar-refractivity contribution in [1.29, 1.82) is 0 Å². The van der Waals surface area contributed by atoms with Gasteiger partial charge in [-0.05, 0) is 24.6 Å². The molecule has 1 fully saturated rings. The lowest BCUT2D eigenvalue weighted by atomic mass is 10.0. The van der Waals surface area contributed by atoms with Crippen LogP contribution in [0.25, 0.3) is 0 Å². The Hall–Kier alpha value is -2.13. The zero-order chi connectivity index (χ0) is 18.6. The summed E-state index contributed by atoms with van der Waals surface area (Å²) in [6.45, 7) is 2.92. The molecule has 25 heavy (non-hydrogen) atoms. The van der Waals surface area contributed by atoms with Gasteiger partial charge in [-0.2, -0.15) is 0 Å². The number of urea groups is 1. The quantitative estimate of drug-likeness (QED) is 0.813. The molecule has 1 aromatic carbocycles. The number of likely N-dealkylation sites (N-methyl/N-ethyl adjacent to an activating group) is 1. The van der Waals surface area contributed by atoms with Crippen LogP contribution < -0.4 is 10.5 Å². The minimum atomic E-state index is -3.85. The highest BCUT2D eigenvalue weighted by atomic mass is 32.2. The molecule has 0 bridgehead atoms. The number of rotatable bonds is 5. The highest BCUT2D eigenvalue weighted by molar-refractivity contribution is 7.89. The van der Waals surface area contributed by atoms with Crippen LogP contribution in [0.1, 0.15) is 26.2 Å². The SMILES string of the molecule is CCCC[C@H]1C(=O)N(C)CCN1C(=O)Nc1cccc(S(N)(=O)=O)c1. The topological polar surface area (TPSA) is 113 Å². The van der Waals surface area contributed by atoms with E-state index in [0.29, 0.717) is 25.2 Å². The van der Waals surface area contributed by atoms with E-state index in [2.05, 4.69) is 5.32 Å². The lowest BCUT2D eigenvalue weighted by Crippen LogP contribution is -2.58. The van der Waals surface area contributed by atoms with Crippen LogP contribution >= 0.6 is 0 Å². The first-order chi connectivity index (χ1) is 11.7. The van der Waals surface area contributed by atoms with Crippen molar-refractivity contribution in [3.05, 3.63) is 24.3 Å². The maximum absolute atomic E-state index is 12.6. The molecular weight excluding hydrogens is 344 g/mol. The van der Waals surface area contributed by atoms with Gasteiger partial charge < -0.3 is 15.1 Å².